The van der Waals surface area contributed by atoms with Gasteiger partial charge in [0.1, 0.15) is 0 Å². The molecule has 0 bridgehead atoms. The number of rotatable bonds is 12. The second-order valence-corrected chi connectivity index (χ2v) is 9.83. The number of aliphatic imine (C=N–C) groups is 1. The van der Waals surface area contributed by atoms with Crippen molar-refractivity contribution in [2.24, 2.45) is 10.9 Å². The summed E-state index contributed by atoms with van der Waals surface area (Å²) in [7, 11) is 0. The Morgan fingerprint density at radius 2 is 1.72 bits per heavy atom. The zero-order valence-corrected chi connectivity index (χ0v) is 21.8. The Hall–Kier alpha value is -3.12. The normalized spacial score (nSPS) is 15.0. The Labute approximate surface area is 215 Å². The lowest BCUT2D eigenvalue weighted by atomic mass is 9.95. The maximum absolute atomic E-state index is 12.7. The number of benzene rings is 1. The molecular formula is C30H40N4O2. The molecule has 2 amide bonds. The van der Waals surface area contributed by atoms with Gasteiger partial charge < -0.3 is 5.32 Å². The van der Waals surface area contributed by atoms with Gasteiger partial charge in [0.25, 0.3) is 5.91 Å². The summed E-state index contributed by atoms with van der Waals surface area (Å²) in [5.41, 5.74) is 5.05. The lowest BCUT2D eigenvalue weighted by Crippen LogP contribution is -2.40. The third-order valence-electron chi connectivity index (χ3n) is 6.67. The van der Waals surface area contributed by atoms with Gasteiger partial charge in [0.05, 0.1) is 0 Å². The number of aryl methyl sites for hydroxylation is 1. The molecule has 6 nitrogen and oxygen atoms in total. The number of hydrogen-bond donors (Lipinski definition) is 1. The number of piperidine rings is 1. The van der Waals surface area contributed by atoms with E-state index in [1.54, 1.807) is 0 Å². The van der Waals surface area contributed by atoms with Crippen molar-refractivity contribution in [3.63, 3.8) is 0 Å². The van der Waals surface area contributed by atoms with Crippen LogP contribution >= 0.6 is 0 Å². The highest BCUT2D eigenvalue weighted by molar-refractivity contribution is 6.04. The van der Waals surface area contributed by atoms with Crippen molar-refractivity contribution >= 4 is 17.5 Å². The van der Waals surface area contributed by atoms with Gasteiger partial charge in [-0.3, -0.25) is 19.5 Å². The van der Waals surface area contributed by atoms with E-state index in [2.05, 4.69) is 33.7 Å². The van der Waals surface area contributed by atoms with Gasteiger partial charge in [-0.05, 0) is 87.5 Å². The van der Waals surface area contributed by atoms with E-state index in [1.165, 1.54) is 11.1 Å². The maximum Gasteiger partial charge on any atom is 0.276 e. The molecule has 6 heteroatoms. The third kappa shape index (κ3) is 9.15. The van der Waals surface area contributed by atoms with Crippen molar-refractivity contribution < 1.29 is 9.59 Å². The minimum absolute atomic E-state index is 0.0512. The molecule has 0 saturated carbocycles. The van der Waals surface area contributed by atoms with E-state index in [0.29, 0.717) is 18.5 Å². The minimum Gasteiger partial charge on any atom is -0.355 e. The summed E-state index contributed by atoms with van der Waals surface area (Å²) in [6.45, 7) is 11.3. The predicted molar refractivity (Wildman–Crippen MR) is 146 cm³/mol. The Balaban J connectivity index is 1.43. The lowest BCUT2D eigenvalue weighted by Gasteiger charge is -2.31. The van der Waals surface area contributed by atoms with Gasteiger partial charge in [-0.2, -0.15) is 0 Å². The van der Waals surface area contributed by atoms with Crippen LogP contribution in [0.4, 0.5) is 0 Å². The first-order chi connectivity index (χ1) is 17.4. The molecule has 1 aromatic carbocycles. The fourth-order valence-corrected chi connectivity index (χ4v) is 4.48. The fraction of sp³-hybridized carbons (Fsp3) is 0.467. The van der Waals surface area contributed by atoms with Gasteiger partial charge in [0.15, 0.2) is 0 Å². The summed E-state index contributed by atoms with van der Waals surface area (Å²) in [5.74, 6) is -0.0424. The topological polar surface area (TPSA) is 74.7 Å². The number of likely N-dealkylation sites (tertiary alicyclic amines) is 1. The van der Waals surface area contributed by atoms with Gasteiger partial charge in [-0.25, -0.2) is 4.99 Å². The predicted octanol–water partition coefficient (Wildman–Crippen LogP) is 5.39. The van der Waals surface area contributed by atoms with Crippen molar-refractivity contribution in [2.75, 3.05) is 19.6 Å². The molecule has 0 unspecified atom stereocenters. The molecule has 1 aliphatic rings. The smallest absolute Gasteiger partial charge is 0.276 e. The molecule has 36 heavy (non-hydrogen) atoms. The molecule has 0 aliphatic carbocycles. The zero-order valence-electron chi connectivity index (χ0n) is 21.8. The molecule has 1 aromatic heterocycles. The first-order valence-corrected chi connectivity index (χ1v) is 13.2. The summed E-state index contributed by atoms with van der Waals surface area (Å²) in [6.07, 6.45) is 9.52. The van der Waals surface area contributed by atoms with Gasteiger partial charge >= 0.3 is 0 Å². The van der Waals surface area contributed by atoms with Gasteiger partial charge in [0.2, 0.25) is 5.91 Å². The van der Waals surface area contributed by atoms with Crippen LogP contribution in [0.25, 0.3) is 0 Å². The largest absolute Gasteiger partial charge is 0.355 e. The standard InChI is InChI=1S/C30H40N4O2/c1-4-5-28(33-30(36)26-10-8-24(9-11-26)7-6-23(2)3)14-19-32-29(35)27-15-20-34(21-16-27)22-25-12-17-31-18-13-25/h8-13,17-18,27H,2,4-7,14-16,19-22H2,1,3H3,(H,32,35). The molecule has 192 valence electrons. The minimum atomic E-state index is -0.210. The number of aromatic nitrogens is 1. The molecule has 0 atom stereocenters. The molecule has 1 fully saturated rings. The van der Waals surface area contributed by atoms with Crippen molar-refractivity contribution in [2.45, 2.75) is 65.3 Å². The highest BCUT2D eigenvalue weighted by Gasteiger charge is 2.24. The second-order valence-electron chi connectivity index (χ2n) is 9.83. The van der Waals surface area contributed by atoms with E-state index in [9.17, 15) is 9.59 Å². The van der Waals surface area contributed by atoms with E-state index < -0.39 is 0 Å². The summed E-state index contributed by atoms with van der Waals surface area (Å²) in [5, 5.41) is 3.08. The molecule has 0 radical (unpaired) electrons. The number of nitrogens with one attached hydrogen (secondary N) is 1. The van der Waals surface area contributed by atoms with Crippen LogP contribution < -0.4 is 5.32 Å². The average Bonchev–Trinajstić information content (AvgIpc) is 2.88. The lowest BCUT2D eigenvalue weighted by molar-refractivity contribution is -0.126. The second kappa shape index (κ2) is 14.4. The number of pyridine rings is 1. The van der Waals surface area contributed by atoms with E-state index in [4.69, 9.17) is 0 Å². The van der Waals surface area contributed by atoms with E-state index in [1.807, 2.05) is 55.7 Å². The van der Waals surface area contributed by atoms with Crippen LogP contribution in [0.3, 0.4) is 0 Å². The summed E-state index contributed by atoms with van der Waals surface area (Å²) >= 11 is 0. The highest BCUT2D eigenvalue weighted by Crippen LogP contribution is 2.19. The number of amides is 2. The molecular weight excluding hydrogens is 448 g/mol. The zero-order chi connectivity index (χ0) is 25.8. The van der Waals surface area contributed by atoms with Crippen molar-refractivity contribution in [3.05, 3.63) is 77.6 Å². The fourth-order valence-electron chi connectivity index (χ4n) is 4.48. The summed E-state index contributed by atoms with van der Waals surface area (Å²) in [4.78, 5) is 36.3. The SMILES string of the molecule is C=C(C)CCc1ccc(C(=O)N=C(CCC)CCNC(=O)C2CCN(Cc3ccncc3)CC2)cc1. The molecule has 3 rings (SSSR count). The van der Waals surface area contributed by atoms with Crippen LogP contribution in [0.5, 0.6) is 0 Å². The molecule has 2 aromatic rings. The number of allylic oxidation sites excluding steroid dienone is 1. The monoisotopic (exact) mass is 488 g/mol. The van der Waals surface area contributed by atoms with Crippen LogP contribution in [0.15, 0.2) is 65.9 Å². The van der Waals surface area contributed by atoms with Crippen LogP contribution in [0.2, 0.25) is 0 Å². The van der Waals surface area contributed by atoms with Crippen molar-refractivity contribution in [3.8, 4) is 0 Å². The van der Waals surface area contributed by atoms with Gasteiger partial charge in [-0.1, -0.05) is 31.1 Å². The van der Waals surface area contributed by atoms with E-state index in [-0.39, 0.29) is 17.7 Å². The Kier molecular flexibility index (Phi) is 11.0. The van der Waals surface area contributed by atoms with Crippen LogP contribution in [0, 0.1) is 5.92 Å². The first-order valence-electron chi connectivity index (χ1n) is 13.2. The maximum atomic E-state index is 12.7. The van der Waals surface area contributed by atoms with E-state index in [0.717, 1.165) is 69.4 Å². The van der Waals surface area contributed by atoms with Crippen LogP contribution in [-0.4, -0.2) is 47.0 Å². The number of nitrogens with zero attached hydrogens (tertiary/aromatic N) is 3. The Morgan fingerprint density at radius 1 is 1.03 bits per heavy atom. The number of carbonyl (C=O) groups is 2. The van der Waals surface area contributed by atoms with E-state index >= 15 is 0 Å². The quantitative estimate of drug-likeness (QED) is 0.321. The van der Waals surface area contributed by atoms with Crippen LogP contribution in [-0.2, 0) is 17.8 Å². The highest BCUT2D eigenvalue weighted by atomic mass is 16.2. The van der Waals surface area contributed by atoms with Gasteiger partial charge in [-0.15, -0.1) is 6.58 Å². The average molecular weight is 489 g/mol. The van der Waals surface area contributed by atoms with Crippen LogP contribution in [0.1, 0.15) is 73.9 Å². The number of hydrogen-bond acceptors (Lipinski definition) is 4. The Morgan fingerprint density at radius 3 is 2.36 bits per heavy atom. The number of carbonyl (C=O) groups excluding carboxylic acids is 2. The first kappa shape index (κ1) is 27.5. The van der Waals surface area contributed by atoms with Gasteiger partial charge in [0, 0.05) is 49.1 Å². The molecule has 1 N–H and O–H groups in total. The molecule has 2 heterocycles. The summed E-state index contributed by atoms with van der Waals surface area (Å²) in [6, 6.07) is 11.8. The van der Waals surface area contributed by atoms with Crippen molar-refractivity contribution in [1.82, 2.24) is 15.2 Å². The Bertz CT molecular complexity index is 1020. The third-order valence-corrected chi connectivity index (χ3v) is 6.67. The summed E-state index contributed by atoms with van der Waals surface area (Å²) < 4.78 is 0. The van der Waals surface area contributed by atoms with Crippen molar-refractivity contribution in [1.29, 1.82) is 0 Å². The molecule has 0 spiro atoms. The molecule has 1 aliphatic heterocycles. The molecule has 1 saturated heterocycles.